The molecule has 0 bridgehead atoms. The second-order valence-corrected chi connectivity index (χ2v) is 0.447. The molecule has 0 unspecified atom stereocenters. The zero-order valence-corrected chi connectivity index (χ0v) is 10.2. The molecule has 0 aliphatic carbocycles. The second kappa shape index (κ2) is 51.0. The van der Waals surface area contributed by atoms with Crippen LogP contribution in [0.15, 0.2) is 0 Å². The molecule has 0 aliphatic heterocycles. The molecule has 0 saturated carbocycles. The average Bonchev–Trinajstić information content (AvgIpc) is 1.37. The number of aliphatic hydroxyl groups is 2. The minimum Gasteiger partial charge on any atom is -0.394 e. The summed E-state index contributed by atoms with van der Waals surface area (Å²) in [7, 11) is 0. The number of hydrogen-bond acceptors (Lipinski definition) is 2. The summed E-state index contributed by atoms with van der Waals surface area (Å²) in [6.07, 6.45) is 0. The minimum atomic E-state index is -0.125. The van der Waals surface area contributed by atoms with Gasteiger partial charge in [0.05, 0.1) is 13.2 Å². The topological polar surface area (TPSA) is 40.5 Å². The molecule has 0 aromatic heterocycles. The van der Waals surface area contributed by atoms with Gasteiger partial charge in [0.25, 0.3) is 0 Å². The quantitative estimate of drug-likeness (QED) is 0.746. The average molecular weight is 299 g/mol. The van der Waals surface area contributed by atoms with E-state index in [0.29, 0.717) is 0 Å². The summed E-state index contributed by atoms with van der Waals surface area (Å²) in [6.45, 7) is -0.250. The molecule has 2 N–H and O–H groups in total. The molecule has 0 heterocycles. The van der Waals surface area contributed by atoms with Gasteiger partial charge in [0.2, 0.25) is 0 Å². The van der Waals surface area contributed by atoms with E-state index in [0.717, 1.165) is 0 Å². The van der Waals surface area contributed by atoms with Crippen molar-refractivity contribution in [3.63, 3.8) is 0 Å². The minimum absolute atomic E-state index is 0. The number of hydrogen-bond donors (Lipinski definition) is 2. The molecule has 0 aromatic carbocycles. The summed E-state index contributed by atoms with van der Waals surface area (Å²) in [5.41, 5.74) is 0. The number of halogens is 4. The Morgan fingerprint density at radius 1 is 0.667 bits per heavy atom. The second-order valence-electron chi connectivity index (χ2n) is 0.447. The van der Waals surface area contributed by atoms with E-state index in [9.17, 15) is 0 Å². The van der Waals surface area contributed by atoms with Crippen LogP contribution in [-0.4, -0.2) is 23.4 Å². The Hall–Kier alpha value is 1.96. The fourth-order valence-corrected chi connectivity index (χ4v) is 0. The Labute approximate surface area is 98.6 Å². The van der Waals surface area contributed by atoms with Crippen molar-refractivity contribution in [1.82, 2.24) is 0 Å². The van der Waals surface area contributed by atoms with Gasteiger partial charge >= 0.3 is 0 Å². The van der Waals surface area contributed by atoms with Gasteiger partial charge in [-0.15, -0.1) is 49.6 Å². The van der Waals surface area contributed by atoms with E-state index in [1.807, 2.05) is 0 Å². The fraction of sp³-hybridized carbons (Fsp3) is 1.00. The van der Waals surface area contributed by atoms with E-state index in [1.54, 1.807) is 0 Å². The van der Waals surface area contributed by atoms with Crippen LogP contribution in [0.3, 0.4) is 0 Å². The normalized spacial score (nSPS) is 3.33. The molecule has 0 aliphatic rings. The predicted octanol–water partition coefficient (Wildman–Crippen LogP) is 0.656. The van der Waals surface area contributed by atoms with Crippen molar-refractivity contribution in [3.05, 3.63) is 0 Å². The zero-order chi connectivity index (χ0) is 3.41. The van der Waals surface area contributed by atoms with Crippen molar-refractivity contribution < 1.29 is 36.4 Å². The van der Waals surface area contributed by atoms with Crippen molar-refractivity contribution in [2.75, 3.05) is 13.2 Å². The van der Waals surface area contributed by atoms with Gasteiger partial charge in [-0.3, -0.25) is 0 Å². The van der Waals surface area contributed by atoms with Crippen molar-refractivity contribution in [2.24, 2.45) is 0 Å². The standard InChI is InChI=1S/C2H6O2.4ClH.Zr/c3-1-2-4;;;;;/h3-4H,1-2H2;4*1H;. The van der Waals surface area contributed by atoms with Gasteiger partial charge < -0.3 is 10.2 Å². The van der Waals surface area contributed by atoms with Crippen molar-refractivity contribution in [2.45, 2.75) is 0 Å². The van der Waals surface area contributed by atoms with Crippen LogP contribution in [0.4, 0.5) is 0 Å². The molecular weight excluding hydrogens is 289 g/mol. The monoisotopic (exact) mass is 296 g/mol. The first-order valence-electron chi connectivity index (χ1n) is 1.13. The number of rotatable bonds is 1. The third kappa shape index (κ3) is 72.0. The van der Waals surface area contributed by atoms with E-state index in [4.69, 9.17) is 10.2 Å². The van der Waals surface area contributed by atoms with Gasteiger partial charge in [-0.1, -0.05) is 0 Å². The summed E-state index contributed by atoms with van der Waals surface area (Å²) in [6, 6.07) is 0. The largest absolute Gasteiger partial charge is 0.394 e. The maximum absolute atomic E-state index is 7.62. The molecule has 0 amide bonds. The molecule has 0 rings (SSSR count). The molecule has 2 nitrogen and oxygen atoms in total. The Bertz CT molecular complexity index is 18.5. The number of aliphatic hydroxyl groups excluding tert-OH is 2. The van der Waals surface area contributed by atoms with Gasteiger partial charge in [-0.2, -0.15) is 0 Å². The van der Waals surface area contributed by atoms with Gasteiger partial charge in [0, 0.05) is 26.2 Å². The smallest absolute Gasteiger partial charge is 0.0662 e. The molecule has 0 radical (unpaired) electrons. The van der Waals surface area contributed by atoms with Crippen LogP contribution in [0.5, 0.6) is 0 Å². The first kappa shape index (κ1) is 44.2. The Morgan fingerprint density at radius 3 is 0.778 bits per heavy atom. The Kier molecular flexibility index (Phi) is 250. The summed E-state index contributed by atoms with van der Waals surface area (Å²) in [4.78, 5) is 0. The van der Waals surface area contributed by atoms with Gasteiger partial charge in [-0.05, 0) is 0 Å². The molecule has 0 aromatic rings. The van der Waals surface area contributed by atoms with Gasteiger partial charge in [-0.25, -0.2) is 0 Å². The van der Waals surface area contributed by atoms with Crippen molar-refractivity contribution in [1.29, 1.82) is 0 Å². The van der Waals surface area contributed by atoms with Crippen molar-refractivity contribution >= 4 is 49.6 Å². The van der Waals surface area contributed by atoms with Gasteiger partial charge in [0.1, 0.15) is 0 Å². The molecule has 0 spiro atoms. The van der Waals surface area contributed by atoms with E-state index < -0.39 is 0 Å². The van der Waals surface area contributed by atoms with Crippen LogP contribution in [-0.2, 0) is 26.2 Å². The predicted molar refractivity (Wildman–Crippen MR) is 43.2 cm³/mol. The van der Waals surface area contributed by atoms with E-state index in [1.165, 1.54) is 0 Å². The van der Waals surface area contributed by atoms with Crippen LogP contribution in [0, 0.1) is 0 Å². The maximum atomic E-state index is 7.62. The summed E-state index contributed by atoms with van der Waals surface area (Å²) >= 11 is 0. The molecular formula is C2H10Cl4O2Zr. The Morgan fingerprint density at radius 2 is 0.778 bits per heavy atom. The van der Waals surface area contributed by atoms with Crippen LogP contribution in [0.2, 0.25) is 0 Å². The summed E-state index contributed by atoms with van der Waals surface area (Å²) < 4.78 is 0. The molecule has 0 saturated heterocycles. The third-order valence-electron chi connectivity index (χ3n) is 0.1000. The molecule has 0 atom stereocenters. The van der Waals surface area contributed by atoms with E-state index in [2.05, 4.69) is 0 Å². The Balaban J connectivity index is -0.00000000450. The van der Waals surface area contributed by atoms with E-state index in [-0.39, 0.29) is 89.0 Å². The van der Waals surface area contributed by atoms with Crippen LogP contribution >= 0.6 is 49.6 Å². The van der Waals surface area contributed by atoms with Crippen LogP contribution in [0.25, 0.3) is 0 Å². The van der Waals surface area contributed by atoms with Crippen LogP contribution < -0.4 is 0 Å². The molecule has 62 valence electrons. The summed E-state index contributed by atoms with van der Waals surface area (Å²) in [5, 5.41) is 15.2. The third-order valence-corrected chi connectivity index (χ3v) is 0.1000. The summed E-state index contributed by atoms with van der Waals surface area (Å²) in [5.74, 6) is 0. The molecule has 7 heteroatoms. The molecule has 0 fully saturated rings. The first-order chi connectivity index (χ1) is 1.91. The maximum Gasteiger partial charge on any atom is 0.0662 e. The van der Waals surface area contributed by atoms with Crippen molar-refractivity contribution in [3.8, 4) is 0 Å². The van der Waals surface area contributed by atoms with Crippen LogP contribution in [0.1, 0.15) is 0 Å². The molecule has 9 heavy (non-hydrogen) atoms. The van der Waals surface area contributed by atoms with E-state index >= 15 is 0 Å². The van der Waals surface area contributed by atoms with Gasteiger partial charge in [0.15, 0.2) is 0 Å². The SMILES string of the molecule is Cl.Cl.Cl.Cl.OCCO.[Zr]. The zero-order valence-electron chi connectivity index (χ0n) is 4.44. The first-order valence-corrected chi connectivity index (χ1v) is 1.13. The fourth-order valence-electron chi connectivity index (χ4n) is 0.